The Balaban J connectivity index is 2.00. The molecule has 3 aromatic rings. The van der Waals surface area contributed by atoms with E-state index in [1.807, 2.05) is 30.3 Å². The third-order valence-electron chi connectivity index (χ3n) is 4.03. The zero-order valence-corrected chi connectivity index (χ0v) is 12.6. The van der Waals surface area contributed by atoms with Gasteiger partial charge in [0.2, 0.25) is 0 Å². The fraction of sp³-hybridized carbons (Fsp3) is 0.211. The summed E-state index contributed by atoms with van der Waals surface area (Å²) < 4.78 is 15.9. The van der Waals surface area contributed by atoms with Gasteiger partial charge in [-0.2, -0.15) is 0 Å². The van der Waals surface area contributed by atoms with Crippen molar-refractivity contribution in [1.82, 2.24) is 4.57 Å². The lowest BCUT2D eigenvalue weighted by molar-refractivity contribution is 0.605. The van der Waals surface area contributed by atoms with Gasteiger partial charge >= 0.3 is 0 Å². The van der Waals surface area contributed by atoms with Crippen molar-refractivity contribution >= 4 is 10.9 Å². The molecule has 2 nitrogen and oxygen atoms in total. The van der Waals surface area contributed by atoms with Crippen LogP contribution in [0.15, 0.2) is 59.4 Å². The van der Waals surface area contributed by atoms with Gasteiger partial charge in [0.25, 0.3) is 0 Å². The van der Waals surface area contributed by atoms with Crippen molar-refractivity contribution in [3.8, 4) is 0 Å². The zero-order chi connectivity index (χ0) is 15.5. The molecule has 3 rings (SSSR count). The Morgan fingerprint density at radius 1 is 1.00 bits per heavy atom. The first-order valence-corrected chi connectivity index (χ1v) is 7.55. The van der Waals surface area contributed by atoms with Crippen molar-refractivity contribution in [2.45, 2.75) is 26.3 Å². The second-order valence-electron chi connectivity index (χ2n) is 5.35. The highest BCUT2D eigenvalue weighted by Crippen LogP contribution is 2.16. The van der Waals surface area contributed by atoms with E-state index >= 15 is 0 Å². The summed E-state index contributed by atoms with van der Waals surface area (Å²) in [5.74, 6) is -0.186. The molecule has 0 saturated carbocycles. The van der Waals surface area contributed by atoms with E-state index in [-0.39, 0.29) is 11.2 Å². The highest BCUT2D eigenvalue weighted by molar-refractivity contribution is 5.79. The van der Waals surface area contributed by atoms with Crippen LogP contribution < -0.4 is 5.43 Å². The summed E-state index contributed by atoms with van der Waals surface area (Å²) in [5, 5.41) is 0.735. The number of hydrogen-bond acceptors (Lipinski definition) is 1. The number of aromatic nitrogens is 1. The molecule has 0 bridgehead atoms. The number of hydrogen-bond donors (Lipinski definition) is 0. The Hall–Kier alpha value is -2.42. The Kier molecular flexibility index (Phi) is 4.05. The summed E-state index contributed by atoms with van der Waals surface area (Å²) in [6.07, 6.45) is 1.24. The van der Waals surface area contributed by atoms with Crippen LogP contribution in [0.4, 0.5) is 4.39 Å². The van der Waals surface area contributed by atoms with Gasteiger partial charge in [0.15, 0.2) is 5.43 Å². The van der Waals surface area contributed by atoms with Gasteiger partial charge in [-0.25, -0.2) is 4.39 Å². The average molecular weight is 295 g/mol. The van der Waals surface area contributed by atoms with Gasteiger partial charge in [-0.1, -0.05) is 30.3 Å². The van der Waals surface area contributed by atoms with Gasteiger partial charge in [0, 0.05) is 23.7 Å². The van der Waals surface area contributed by atoms with Gasteiger partial charge in [-0.15, -0.1) is 0 Å². The Morgan fingerprint density at radius 2 is 1.73 bits per heavy atom. The minimum absolute atomic E-state index is 0.0313. The molecule has 0 aliphatic carbocycles. The van der Waals surface area contributed by atoms with Crippen molar-refractivity contribution < 1.29 is 4.39 Å². The van der Waals surface area contributed by atoms with Crippen LogP contribution in [-0.4, -0.2) is 4.57 Å². The van der Waals surface area contributed by atoms with Crippen LogP contribution in [0.3, 0.4) is 0 Å². The van der Waals surface area contributed by atoms with E-state index in [2.05, 4.69) is 11.5 Å². The molecule has 112 valence electrons. The normalized spacial score (nSPS) is 11.0. The van der Waals surface area contributed by atoms with E-state index in [9.17, 15) is 9.18 Å². The number of halogens is 1. The average Bonchev–Trinajstić information content (AvgIpc) is 2.54. The van der Waals surface area contributed by atoms with E-state index in [0.29, 0.717) is 18.4 Å². The number of fused-ring (bicyclic) bond motifs is 1. The van der Waals surface area contributed by atoms with Crippen LogP contribution in [-0.2, 0) is 19.4 Å². The summed E-state index contributed by atoms with van der Waals surface area (Å²) >= 11 is 0. The van der Waals surface area contributed by atoms with Gasteiger partial charge in [0.05, 0.1) is 5.52 Å². The van der Waals surface area contributed by atoms with Crippen molar-refractivity contribution in [3.63, 3.8) is 0 Å². The van der Waals surface area contributed by atoms with Crippen molar-refractivity contribution in [2.75, 3.05) is 0 Å². The van der Waals surface area contributed by atoms with Crippen LogP contribution in [0.2, 0.25) is 0 Å². The predicted molar refractivity (Wildman–Crippen MR) is 87.7 cm³/mol. The number of nitrogens with zero attached hydrogens (tertiary/aromatic N) is 1. The zero-order valence-electron chi connectivity index (χ0n) is 12.6. The standard InChI is InChI=1S/C19H18FNO/c1-2-21-15(12-11-14-7-3-5-9-17(14)20)13-19(22)16-8-4-6-10-18(16)21/h3-10,13H,2,11-12H2,1H3. The van der Waals surface area contributed by atoms with Gasteiger partial charge in [-0.05, 0) is 43.5 Å². The molecule has 0 N–H and O–H groups in total. The van der Waals surface area contributed by atoms with Crippen LogP contribution in [0.5, 0.6) is 0 Å². The monoisotopic (exact) mass is 295 g/mol. The minimum Gasteiger partial charge on any atom is -0.345 e. The molecule has 3 heteroatoms. The molecule has 1 aromatic heterocycles. The molecule has 2 aromatic carbocycles. The number of aryl methyl sites for hydroxylation is 3. The summed E-state index contributed by atoms with van der Waals surface area (Å²) in [6.45, 7) is 2.84. The van der Waals surface area contributed by atoms with Gasteiger partial charge < -0.3 is 4.57 Å². The molecule has 0 unspecified atom stereocenters. The number of pyridine rings is 1. The topological polar surface area (TPSA) is 22.0 Å². The maximum absolute atomic E-state index is 13.7. The Labute approximate surface area is 128 Å². The predicted octanol–water partition coefficient (Wildman–Crippen LogP) is 3.95. The minimum atomic E-state index is -0.186. The van der Waals surface area contributed by atoms with E-state index < -0.39 is 0 Å². The Bertz CT molecular complexity index is 867. The number of para-hydroxylation sites is 1. The molecular formula is C19H18FNO. The van der Waals surface area contributed by atoms with E-state index in [1.165, 1.54) is 6.07 Å². The van der Waals surface area contributed by atoms with Crippen molar-refractivity contribution in [3.05, 3.63) is 81.9 Å². The quantitative estimate of drug-likeness (QED) is 0.714. The van der Waals surface area contributed by atoms with Gasteiger partial charge in [-0.3, -0.25) is 4.79 Å². The second kappa shape index (κ2) is 6.14. The molecule has 0 saturated heterocycles. The molecule has 0 atom stereocenters. The van der Waals surface area contributed by atoms with E-state index in [0.717, 1.165) is 23.1 Å². The fourth-order valence-electron chi connectivity index (χ4n) is 2.92. The van der Waals surface area contributed by atoms with Gasteiger partial charge in [0.1, 0.15) is 5.82 Å². The Morgan fingerprint density at radius 3 is 2.50 bits per heavy atom. The fourth-order valence-corrected chi connectivity index (χ4v) is 2.92. The third-order valence-corrected chi connectivity index (χ3v) is 4.03. The van der Waals surface area contributed by atoms with Crippen LogP contribution in [0.1, 0.15) is 18.2 Å². The molecule has 0 aliphatic rings. The maximum atomic E-state index is 13.7. The molecule has 0 aliphatic heterocycles. The summed E-state index contributed by atoms with van der Waals surface area (Å²) in [6, 6.07) is 16.1. The lowest BCUT2D eigenvalue weighted by Gasteiger charge is -2.15. The maximum Gasteiger partial charge on any atom is 0.189 e. The first kappa shape index (κ1) is 14.5. The molecular weight excluding hydrogens is 277 g/mol. The summed E-state index contributed by atoms with van der Waals surface area (Å²) in [7, 11) is 0. The molecule has 22 heavy (non-hydrogen) atoms. The smallest absolute Gasteiger partial charge is 0.189 e. The summed E-state index contributed by atoms with van der Waals surface area (Å²) in [5.41, 5.74) is 2.62. The first-order valence-electron chi connectivity index (χ1n) is 7.55. The number of benzene rings is 2. The SMILES string of the molecule is CCn1c(CCc2ccccc2F)cc(=O)c2ccccc21. The number of rotatable bonds is 4. The summed E-state index contributed by atoms with van der Waals surface area (Å²) in [4.78, 5) is 12.3. The highest BCUT2D eigenvalue weighted by Gasteiger charge is 2.09. The van der Waals surface area contributed by atoms with Crippen LogP contribution in [0, 0.1) is 5.82 Å². The molecule has 0 spiro atoms. The molecule has 1 heterocycles. The molecule has 0 fully saturated rings. The molecule has 0 amide bonds. The van der Waals surface area contributed by atoms with E-state index in [1.54, 1.807) is 18.2 Å². The van der Waals surface area contributed by atoms with Crippen molar-refractivity contribution in [2.24, 2.45) is 0 Å². The van der Waals surface area contributed by atoms with Crippen molar-refractivity contribution in [1.29, 1.82) is 0 Å². The first-order chi connectivity index (χ1) is 10.7. The van der Waals surface area contributed by atoms with E-state index in [4.69, 9.17) is 0 Å². The lowest BCUT2D eigenvalue weighted by Crippen LogP contribution is -2.14. The highest BCUT2D eigenvalue weighted by atomic mass is 19.1. The van der Waals surface area contributed by atoms with Crippen LogP contribution in [0.25, 0.3) is 10.9 Å². The second-order valence-corrected chi connectivity index (χ2v) is 5.35. The molecule has 0 radical (unpaired) electrons. The lowest BCUT2D eigenvalue weighted by atomic mass is 10.1. The third kappa shape index (κ3) is 2.67. The largest absolute Gasteiger partial charge is 0.345 e. The van der Waals surface area contributed by atoms with Crippen LogP contribution >= 0.6 is 0 Å².